The van der Waals surface area contributed by atoms with E-state index in [0.29, 0.717) is 0 Å². The van der Waals surface area contributed by atoms with Crippen molar-refractivity contribution in [2.45, 2.75) is 64.2 Å². The molecule has 3 heteroatoms. The molecule has 2 nitrogen and oxygen atoms in total. The molecular formula is C16H27NOS. The zero-order valence-electron chi connectivity index (χ0n) is 12.8. The lowest BCUT2D eigenvalue weighted by Gasteiger charge is -2.34. The second-order valence-electron chi connectivity index (χ2n) is 6.28. The van der Waals surface area contributed by atoms with Gasteiger partial charge < -0.3 is 0 Å². The van der Waals surface area contributed by atoms with Crippen LogP contribution in [0.5, 0.6) is 0 Å². The number of hydrogen-bond donors (Lipinski definition) is 1. The molecule has 0 spiro atoms. The Balaban J connectivity index is 2.97. The van der Waals surface area contributed by atoms with Crippen LogP contribution in [-0.4, -0.2) is 8.96 Å². The van der Waals surface area contributed by atoms with E-state index < -0.39 is 11.0 Å². The summed E-state index contributed by atoms with van der Waals surface area (Å²) in [7, 11) is -1.06. The molecule has 1 aromatic carbocycles. The maximum atomic E-state index is 12.4. The molecule has 0 radical (unpaired) electrons. The molecule has 1 aromatic rings. The van der Waals surface area contributed by atoms with Crippen LogP contribution in [0.25, 0.3) is 0 Å². The number of benzene rings is 1. The molecule has 0 heterocycles. The van der Waals surface area contributed by atoms with Crippen molar-refractivity contribution in [1.29, 1.82) is 0 Å². The summed E-state index contributed by atoms with van der Waals surface area (Å²) >= 11 is 0. The lowest BCUT2D eigenvalue weighted by atomic mass is 9.88. The summed E-state index contributed by atoms with van der Waals surface area (Å²) in [6.07, 6.45) is 3.27. The minimum absolute atomic E-state index is 0.227. The lowest BCUT2D eigenvalue weighted by Crippen LogP contribution is -2.46. The van der Waals surface area contributed by atoms with Gasteiger partial charge in [0.15, 0.2) is 0 Å². The molecule has 0 saturated heterocycles. The highest BCUT2D eigenvalue weighted by molar-refractivity contribution is 7.84. The van der Waals surface area contributed by atoms with E-state index in [4.69, 9.17) is 0 Å². The molecule has 0 amide bonds. The van der Waals surface area contributed by atoms with E-state index in [0.717, 1.165) is 19.3 Å². The molecule has 1 unspecified atom stereocenters. The Kier molecular flexibility index (Phi) is 5.75. The van der Waals surface area contributed by atoms with E-state index in [9.17, 15) is 4.21 Å². The third-order valence-corrected chi connectivity index (χ3v) is 5.06. The molecular weight excluding hydrogens is 254 g/mol. The lowest BCUT2D eigenvalue weighted by molar-refractivity contribution is 0.392. The Morgan fingerprint density at radius 3 is 2.16 bits per heavy atom. The van der Waals surface area contributed by atoms with Gasteiger partial charge >= 0.3 is 0 Å². The molecule has 0 aliphatic rings. The first-order valence-corrected chi connectivity index (χ1v) is 8.20. The quantitative estimate of drug-likeness (QED) is 0.834. The first-order valence-electron chi connectivity index (χ1n) is 7.05. The molecule has 1 N–H and O–H groups in total. The summed E-state index contributed by atoms with van der Waals surface area (Å²) < 4.78 is 15.5. The van der Waals surface area contributed by atoms with Gasteiger partial charge in [-0.25, -0.2) is 8.93 Å². The van der Waals surface area contributed by atoms with Crippen molar-refractivity contribution < 1.29 is 4.21 Å². The standard InChI is InChI=1S/C16H27NOS/c1-6-7-13-16(5,14-11-9-8-10-12-14)17-19(18)15(2,3)4/h8-12,17H,6-7,13H2,1-5H3/t16?,19-/m1/s1. The Hall–Kier alpha value is -0.670. The molecule has 108 valence electrons. The highest BCUT2D eigenvalue weighted by Gasteiger charge is 2.31. The first-order chi connectivity index (χ1) is 8.79. The van der Waals surface area contributed by atoms with Crippen molar-refractivity contribution in [3.05, 3.63) is 35.9 Å². The Labute approximate surface area is 120 Å². The monoisotopic (exact) mass is 281 g/mol. The van der Waals surface area contributed by atoms with Gasteiger partial charge in [0.25, 0.3) is 0 Å². The summed E-state index contributed by atoms with van der Waals surface area (Å²) in [5, 5.41) is 0. The Bertz CT molecular complexity index is 411. The van der Waals surface area contributed by atoms with Gasteiger partial charge in [-0.1, -0.05) is 50.1 Å². The van der Waals surface area contributed by atoms with Crippen LogP contribution in [0.3, 0.4) is 0 Å². The van der Waals surface area contributed by atoms with Gasteiger partial charge in [0, 0.05) is 0 Å². The maximum Gasteiger partial charge on any atom is 0.0978 e. The number of unbranched alkanes of at least 4 members (excludes halogenated alkanes) is 1. The van der Waals surface area contributed by atoms with Gasteiger partial charge in [0.05, 0.1) is 21.3 Å². The molecule has 0 bridgehead atoms. The molecule has 0 aromatic heterocycles. The molecule has 1 rings (SSSR count). The van der Waals surface area contributed by atoms with Crippen LogP contribution in [-0.2, 0) is 16.5 Å². The fraction of sp³-hybridized carbons (Fsp3) is 0.625. The van der Waals surface area contributed by atoms with E-state index in [1.54, 1.807) is 0 Å². The fourth-order valence-corrected chi connectivity index (χ4v) is 2.88. The number of nitrogens with one attached hydrogen (secondary N) is 1. The third-order valence-electron chi connectivity index (χ3n) is 3.32. The highest BCUT2D eigenvalue weighted by atomic mass is 32.2. The number of rotatable bonds is 6. The largest absolute Gasteiger partial charge is 0.242 e. The van der Waals surface area contributed by atoms with Gasteiger partial charge in [-0.05, 0) is 39.7 Å². The van der Waals surface area contributed by atoms with Crippen LogP contribution in [0.15, 0.2) is 30.3 Å². The van der Waals surface area contributed by atoms with Crippen LogP contribution in [0.4, 0.5) is 0 Å². The smallest absolute Gasteiger partial charge is 0.0978 e. The van der Waals surface area contributed by atoms with E-state index in [-0.39, 0.29) is 10.3 Å². The maximum absolute atomic E-state index is 12.4. The van der Waals surface area contributed by atoms with Crippen LogP contribution in [0, 0.1) is 0 Å². The van der Waals surface area contributed by atoms with Crippen LogP contribution >= 0.6 is 0 Å². The van der Waals surface area contributed by atoms with E-state index in [1.165, 1.54) is 5.56 Å². The highest BCUT2D eigenvalue weighted by Crippen LogP contribution is 2.28. The van der Waals surface area contributed by atoms with Crippen molar-refractivity contribution in [3.8, 4) is 0 Å². The van der Waals surface area contributed by atoms with Crippen molar-refractivity contribution >= 4 is 11.0 Å². The van der Waals surface area contributed by atoms with Gasteiger partial charge in [0.1, 0.15) is 0 Å². The van der Waals surface area contributed by atoms with Crippen LogP contribution in [0.2, 0.25) is 0 Å². The van der Waals surface area contributed by atoms with Crippen LogP contribution in [0.1, 0.15) is 59.4 Å². The summed E-state index contributed by atoms with van der Waals surface area (Å²) in [6, 6.07) is 10.3. The Morgan fingerprint density at radius 1 is 1.11 bits per heavy atom. The van der Waals surface area contributed by atoms with Gasteiger partial charge in [-0.2, -0.15) is 0 Å². The minimum atomic E-state index is -1.06. The molecule has 0 aliphatic heterocycles. The average molecular weight is 281 g/mol. The first kappa shape index (κ1) is 16.4. The van der Waals surface area contributed by atoms with Gasteiger partial charge in [0.2, 0.25) is 0 Å². The average Bonchev–Trinajstić information content (AvgIpc) is 2.36. The summed E-state index contributed by atoms with van der Waals surface area (Å²) in [5.74, 6) is 0. The van der Waals surface area contributed by atoms with Crippen molar-refractivity contribution in [2.75, 3.05) is 0 Å². The molecule has 2 atom stereocenters. The summed E-state index contributed by atoms with van der Waals surface area (Å²) in [6.45, 7) is 10.3. The van der Waals surface area contributed by atoms with E-state index in [2.05, 4.69) is 30.7 Å². The predicted molar refractivity (Wildman–Crippen MR) is 84.4 cm³/mol. The molecule has 0 saturated carbocycles. The minimum Gasteiger partial charge on any atom is -0.242 e. The number of hydrogen-bond acceptors (Lipinski definition) is 1. The predicted octanol–water partition coefficient (Wildman–Crippen LogP) is 4.14. The van der Waals surface area contributed by atoms with Crippen molar-refractivity contribution in [1.82, 2.24) is 4.72 Å². The zero-order chi connectivity index (χ0) is 14.5. The van der Waals surface area contributed by atoms with Gasteiger partial charge in [-0.3, -0.25) is 0 Å². The SMILES string of the molecule is CCCCC(C)(N[S@](=O)C(C)(C)C)c1ccccc1. The van der Waals surface area contributed by atoms with Crippen molar-refractivity contribution in [2.24, 2.45) is 0 Å². The van der Waals surface area contributed by atoms with E-state index in [1.807, 2.05) is 39.0 Å². The molecule has 0 aliphatic carbocycles. The van der Waals surface area contributed by atoms with Crippen molar-refractivity contribution in [3.63, 3.8) is 0 Å². The fourth-order valence-electron chi connectivity index (χ4n) is 1.95. The molecule has 19 heavy (non-hydrogen) atoms. The van der Waals surface area contributed by atoms with Gasteiger partial charge in [-0.15, -0.1) is 0 Å². The second-order valence-corrected chi connectivity index (χ2v) is 8.25. The Morgan fingerprint density at radius 2 is 1.68 bits per heavy atom. The van der Waals surface area contributed by atoms with E-state index >= 15 is 0 Å². The summed E-state index contributed by atoms with van der Waals surface area (Å²) in [5.41, 5.74) is 0.983. The topological polar surface area (TPSA) is 29.1 Å². The second kappa shape index (κ2) is 6.67. The summed E-state index contributed by atoms with van der Waals surface area (Å²) in [4.78, 5) is 0. The third kappa shape index (κ3) is 4.73. The normalized spacial score (nSPS) is 16.9. The van der Waals surface area contributed by atoms with Crippen LogP contribution < -0.4 is 4.72 Å². The molecule has 0 fully saturated rings. The zero-order valence-corrected chi connectivity index (χ0v) is 13.6.